The van der Waals surface area contributed by atoms with Gasteiger partial charge in [0, 0.05) is 12.6 Å². The molecule has 0 amide bonds. The van der Waals surface area contributed by atoms with Crippen LogP contribution < -0.4 is 15.0 Å². The van der Waals surface area contributed by atoms with Crippen LogP contribution in [0.5, 0.6) is 10.9 Å². The van der Waals surface area contributed by atoms with E-state index in [2.05, 4.69) is 14.7 Å². The first-order valence-electron chi connectivity index (χ1n) is 10.5. The summed E-state index contributed by atoms with van der Waals surface area (Å²) >= 11 is 1.29. The molecule has 0 saturated heterocycles. The molecule has 0 atom stereocenters. The third-order valence-corrected chi connectivity index (χ3v) is 6.42. The molecule has 4 heterocycles. The Bertz CT molecular complexity index is 1670. The van der Waals surface area contributed by atoms with E-state index >= 15 is 0 Å². The number of aromatic nitrogens is 4. The molecule has 1 aliphatic rings. The minimum absolute atomic E-state index is 0.00919. The topological polar surface area (TPSA) is 80.4 Å². The number of benzene rings is 2. The maximum absolute atomic E-state index is 13.8. The molecule has 5 aromatic rings. The maximum Gasteiger partial charge on any atom is 0.387 e. The summed E-state index contributed by atoms with van der Waals surface area (Å²) in [5.74, 6) is 0.624. The fourth-order valence-corrected chi connectivity index (χ4v) is 4.72. The van der Waals surface area contributed by atoms with Gasteiger partial charge in [0.05, 0.1) is 27.7 Å². The van der Waals surface area contributed by atoms with Crippen molar-refractivity contribution in [3.05, 3.63) is 77.2 Å². The summed E-state index contributed by atoms with van der Waals surface area (Å²) in [6.45, 7) is -2.59. The van der Waals surface area contributed by atoms with E-state index in [4.69, 9.17) is 9.47 Å². The van der Waals surface area contributed by atoms with Gasteiger partial charge in [-0.2, -0.15) is 13.8 Å². The monoisotopic (exact) mass is 494 g/mol. The Morgan fingerprint density at radius 3 is 2.66 bits per heavy atom. The minimum atomic E-state index is -2.94. The molecule has 3 aromatic heterocycles. The number of nitrogens with zero attached hydrogens (tertiary/aromatic N) is 4. The summed E-state index contributed by atoms with van der Waals surface area (Å²) in [6.07, 6.45) is 3.21. The summed E-state index contributed by atoms with van der Waals surface area (Å²) in [7, 11) is 1.88. The van der Waals surface area contributed by atoms with Crippen LogP contribution in [0.2, 0.25) is 0 Å². The number of halogens is 2. The Morgan fingerprint density at radius 2 is 1.94 bits per heavy atom. The highest BCUT2D eigenvalue weighted by molar-refractivity contribution is 7.20. The number of alkyl halides is 2. The number of aryl methyl sites for hydroxylation is 1. The van der Waals surface area contributed by atoms with Gasteiger partial charge in [0.25, 0.3) is 10.8 Å². The second kappa shape index (κ2) is 8.20. The van der Waals surface area contributed by atoms with Crippen LogP contribution >= 0.6 is 11.3 Å². The van der Waals surface area contributed by atoms with Crippen LogP contribution in [0, 0.1) is 0 Å². The average molecular weight is 494 g/mol. The zero-order valence-corrected chi connectivity index (χ0v) is 19.0. The van der Waals surface area contributed by atoms with Gasteiger partial charge in [-0.3, -0.25) is 9.36 Å². The van der Waals surface area contributed by atoms with Gasteiger partial charge in [-0.1, -0.05) is 17.4 Å². The number of imidazole rings is 1. The van der Waals surface area contributed by atoms with Crippen LogP contribution in [0.15, 0.2) is 71.7 Å². The van der Waals surface area contributed by atoms with E-state index in [1.807, 2.05) is 29.8 Å². The number of rotatable bonds is 6. The predicted octanol–water partition coefficient (Wildman–Crippen LogP) is 4.85. The molecule has 0 unspecified atom stereocenters. The van der Waals surface area contributed by atoms with Gasteiger partial charge >= 0.3 is 6.61 Å². The van der Waals surface area contributed by atoms with E-state index in [-0.39, 0.29) is 11.3 Å². The number of fused-ring (bicyclic) bond motifs is 2. The normalized spacial score (nSPS) is 13.1. The zero-order chi connectivity index (χ0) is 24.1. The molecule has 35 heavy (non-hydrogen) atoms. The lowest BCUT2D eigenvalue weighted by Gasteiger charge is -2.13. The van der Waals surface area contributed by atoms with Gasteiger partial charge in [-0.25, -0.2) is 4.98 Å². The largest absolute Gasteiger partial charge is 0.489 e. The molecule has 11 heteroatoms. The standard InChI is InChI=1S/C24H16F2N4O4S/c1-29-12-27-18-7-2-13(8-19(18)29)17-9-20-21(28-24(35-20)34-16-10-32-11-16)30(22(17)31)14-3-5-15(6-4-14)33-23(25)26/h2-10,12,23H,11H2,1H3. The summed E-state index contributed by atoms with van der Waals surface area (Å²) in [5, 5.41) is 0.361. The SMILES string of the molecule is Cn1cnc2ccc(-c3cc4sc(OC5=COC5)nc4n(-c4ccc(OC(F)F)cc4)c3=O)cc21. The molecule has 0 saturated carbocycles. The lowest BCUT2D eigenvalue weighted by molar-refractivity contribution is -0.0498. The van der Waals surface area contributed by atoms with E-state index in [1.54, 1.807) is 12.4 Å². The van der Waals surface area contributed by atoms with Crippen molar-refractivity contribution in [2.24, 2.45) is 7.05 Å². The highest BCUT2D eigenvalue weighted by Gasteiger charge is 2.20. The van der Waals surface area contributed by atoms with Crippen LogP contribution in [0.1, 0.15) is 0 Å². The van der Waals surface area contributed by atoms with Gasteiger partial charge in [0.2, 0.25) is 0 Å². The number of thiazole rings is 1. The van der Waals surface area contributed by atoms with Gasteiger partial charge in [0.15, 0.2) is 11.4 Å². The first-order chi connectivity index (χ1) is 17.0. The van der Waals surface area contributed by atoms with Gasteiger partial charge < -0.3 is 18.8 Å². The van der Waals surface area contributed by atoms with Crippen LogP contribution in [0.3, 0.4) is 0 Å². The van der Waals surface area contributed by atoms with Crippen molar-refractivity contribution >= 4 is 32.7 Å². The van der Waals surface area contributed by atoms with E-state index < -0.39 is 6.61 Å². The van der Waals surface area contributed by atoms with Crippen molar-refractivity contribution in [1.29, 1.82) is 0 Å². The Balaban J connectivity index is 1.54. The van der Waals surface area contributed by atoms with Crippen LogP contribution in [-0.2, 0) is 11.8 Å². The number of pyridine rings is 1. The second-order valence-corrected chi connectivity index (χ2v) is 8.79. The molecule has 1 aliphatic heterocycles. The summed E-state index contributed by atoms with van der Waals surface area (Å²) in [6, 6.07) is 13.2. The number of hydrogen-bond acceptors (Lipinski definition) is 7. The molecule has 176 valence electrons. The molecule has 2 aromatic carbocycles. The molecule has 0 bridgehead atoms. The number of hydrogen-bond donors (Lipinski definition) is 0. The minimum Gasteiger partial charge on any atom is -0.489 e. The fraction of sp³-hybridized carbons (Fsp3) is 0.125. The van der Waals surface area contributed by atoms with Gasteiger partial charge in [-0.15, -0.1) is 0 Å². The van der Waals surface area contributed by atoms with E-state index in [1.165, 1.54) is 46.4 Å². The zero-order valence-electron chi connectivity index (χ0n) is 18.1. The van der Waals surface area contributed by atoms with Crippen molar-refractivity contribution in [3.8, 4) is 27.8 Å². The highest BCUT2D eigenvalue weighted by atomic mass is 32.1. The fourth-order valence-electron chi connectivity index (χ4n) is 3.85. The smallest absolute Gasteiger partial charge is 0.387 e. The Labute approximate surface area is 200 Å². The summed E-state index contributed by atoms with van der Waals surface area (Å²) < 4.78 is 44.4. The molecule has 6 rings (SSSR count). The molecule has 0 spiro atoms. The third-order valence-electron chi connectivity index (χ3n) is 5.55. The Hall–Kier alpha value is -4.25. The van der Waals surface area contributed by atoms with Crippen molar-refractivity contribution in [2.75, 3.05) is 6.61 Å². The van der Waals surface area contributed by atoms with Crippen molar-refractivity contribution in [1.82, 2.24) is 19.1 Å². The highest BCUT2D eigenvalue weighted by Crippen LogP contribution is 2.33. The molecule has 0 radical (unpaired) electrons. The van der Waals surface area contributed by atoms with E-state index in [0.717, 1.165) is 11.0 Å². The molecular weight excluding hydrogens is 478 g/mol. The molecule has 0 N–H and O–H groups in total. The van der Waals surface area contributed by atoms with E-state index in [9.17, 15) is 13.6 Å². The molecule has 8 nitrogen and oxygen atoms in total. The Morgan fingerprint density at radius 1 is 1.14 bits per heavy atom. The van der Waals surface area contributed by atoms with Gasteiger partial charge in [0.1, 0.15) is 18.6 Å². The lowest BCUT2D eigenvalue weighted by atomic mass is 10.1. The molecule has 0 aliphatic carbocycles. The first-order valence-corrected chi connectivity index (χ1v) is 11.3. The lowest BCUT2D eigenvalue weighted by Crippen LogP contribution is -2.20. The predicted molar refractivity (Wildman–Crippen MR) is 126 cm³/mol. The van der Waals surface area contributed by atoms with E-state index in [0.29, 0.717) is 44.7 Å². The maximum atomic E-state index is 13.8. The van der Waals surface area contributed by atoms with Crippen LogP contribution in [-0.4, -0.2) is 32.3 Å². The second-order valence-electron chi connectivity index (χ2n) is 7.79. The van der Waals surface area contributed by atoms with Crippen LogP contribution in [0.4, 0.5) is 8.78 Å². The molecular formula is C24H16F2N4O4S. The molecule has 0 fully saturated rings. The Kier molecular flexibility index (Phi) is 4.99. The average Bonchev–Trinajstić information content (AvgIpc) is 3.39. The van der Waals surface area contributed by atoms with Crippen molar-refractivity contribution in [3.63, 3.8) is 0 Å². The van der Waals surface area contributed by atoms with Crippen molar-refractivity contribution in [2.45, 2.75) is 6.61 Å². The first kappa shape index (κ1) is 21.3. The summed E-state index contributed by atoms with van der Waals surface area (Å²) in [4.78, 5) is 22.7. The van der Waals surface area contributed by atoms with Crippen LogP contribution in [0.25, 0.3) is 38.2 Å². The van der Waals surface area contributed by atoms with Crippen molar-refractivity contribution < 1.29 is 23.0 Å². The number of ether oxygens (including phenoxy) is 3. The summed E-state index contributed by atoms with van der Waals surface area (Å²) in [5.41, 5.74) is 3.39. The van der Waals surface area contributed by atoms with Gasteiger partial charge in [-0.05, 0) is 48.0 Å². The third kappa shape index (κ3) is 3.79. The quantitative estimate of drug-likeness (QED) is 0.336.